The molecule has 63 heavy (non-hydrogen) atoms. The highest BCUT2D eigenvalue weighted by molar-refractivity contribution is 7.93. The summed E-state index contributed by atoms with van der Waals surface area (Å²) < 4.78 is 144. The first-order valence-electron chi connectivity index (χ1n) is 19.6. The maximum absolute atomic E-state index is 15.2. The fourth-order valence-corrected chi connectivity index (χ4v) is 9.68. The molecule has 0 radical (unpaired) electrons. The summed E-state index contributed by atoms with van der Waals surface area (Å²) in [6.07, 6.45) is -6.08. The Morgan fingerprint density at radius 1 is 1.08 bits per heavy atom. The largest absolute Gasteiger partial charge is 0.615 e. The van der Waals surface area contributed by atoms with E-state index < -0.39 is 118 Å². The van der Waals surface area contributed by atoms with Crippen molar-refractivity contribution in [3.8, 4) is 23.0 Å². The van der Waals surface area contributed by atoms with E-state index in [1.807, 2.05) is 0 Å². The second kappa shape index (κ2) is 19.3. The second-order valence-corrected chi connectivity index (χ2v) is 19.8. The summed E-state index contributed by atoms with van der Waals surface area (Å²) in [4.78, 5) is 18.6. The number of rotatable bonds is 17. The van der Waals surface area contributed by atoms with E-state index in [9.17, 15) is 40.2 Å². The summed E-state index contributed by atoms with van der Waals surface area (Å²) in [5, 5.41) is 17.1. The van der Waals surface area contributed by atoms with Crippen LogP contribution in [0.1, 0.15) is 70.0 Å². The van der Waals surface area contributed by atoms with E-state index in [1.165, 1.54) is 31.2 Å². The van der Waals surface area contributed by atoms with Crippen LogP contribution < -0.4 is 15.4 Å². The molecule has 0 saturated heterocycles. The van der Waals surface area contributed by atoms with Gasteiger partial charge in [-0.05, 0) is 105 Å². The number of anilines is 1. The standard InChI is InChI=1S/C42H42ClF8N7O3S2/c1-5-62(60)57-40-34-29(43)11-10-28(37(34)58(56-40)20-31(46)47)27-9-6-25(12-13-41(3,4)63(61)26-7-8-26)54-36(27)30(16-22-14-23(44)17-24(45)15-22)55-32(59)19-53-38-33(35(52)39(48)49)21(2)18-42(38,50)51/h6,9-11,14-15,17,21,26,30-31,39,52-53H,5,7-8,16,18-20H2,1-4H3,(H,55,59)(H,56,57)/t21-,30?,62?,63?/m0/s1. The van der Waals surface area contributed by atoms with Gasteiger partial charge in [0.2, 0.25) is 11.7 Å². The number of nitrogens with zero attached hydrogens (tertiary/aromatic N) is 3. The predicted molar refractivity (Wildman–Crippen MR) is 227 cm³/mol. The Kier molecular flexibility index (Phi) is 14.7. The van der Waals surface area contributed by atoms with Crippen LogP contribution in [-0.2, 0) is 40.3 Å². The topological polar surface area (TPSA) is 154 Å². The Morgan fingerprint density at radius 3 is 2.37 bits per heavy atom. The van der Waals surface area contributed by atoms with Gasteiger partial charge in [0.25, 0.3) is 18.8 Å². The van der Waals surface area contributed by atoms with Crippen LogP contribution in [0.2, 0.25) is 5.02 Å². The summed E-state index contributed by atoms with van der Waals surface area (Å²) >= 11 is 3.60. The fraction of sp³-hybridized carbons (Fsp3) is 0.429. The van der Waals surface area contributed by atoms with Gasteiger partial charge in [0.1, 0.15) is 40.6 Å². The highest BCUT2D eigenvalue weighted by atomic mass is 35.5. The van der Waals surface area contributed by atoms with Crippen LogP contribution in [0.15, 0.2) is 53.7 Å². The third kappa shape index (κ3) is 11.0. The molecular formula is C42H42ClF8N7O3S2. The number of alkyl halides is 6. The second-order valence-electron chi connectivity index (χ2n) is 15.6. The molecule has 2 aromatic carbocycles. The molecule has 2 aliphatic carbocycles. The Bertz CT molecular complexity index is 2470. The number of allylic oxidation sites excluding steroid dienone is 2. The molecule has 2 aliphatic rings. The Morgan fingerprint density at radius 2 is 1.75 bits per heavy atom. The molecule has 1 saturated carbocycles. The van der Waals surface area contributed by atoms with Gasteiger partial charge < -0.3 is 19.7 Å². The van der Waals surface area contributed by atoms with Crippen molar-refractivity contribution >= 4 is 62.5 Å². The van der Waals surface area contributed by atoms with Crippen LogP contribution >= 0.6 is 11.6 Å². The lowest BCUT2D eigenvalue weighted by Crippen LogP contribution is -2.40. The first-order valence-corrected chi connectivity index (χ1v) is 22.6. The molecule has 1 fully saturated rings. The van der Waals surface area contributed by atoms with Gasteiger partial charge in [-0.25, -0.2) is 31.3 Å². The van der Waals surface area contributed by atoms with Crippen LogP contribution in [0.4, 0.5) is 40.9 Å². The lowest BCUT2D eigenvalue weighted by molar-refractivity contribution is -0.121. The van der Waals surface area contributed by atoms with Gasteiger partial charge in [0.15, 0.2) is 4.75 Å². The zero-order valence-electron chi connectivity index (χ0n) is 34.2. The van der Waals surface area contributed by atoms with Crippen molar-refractivity contribution in [2.75, 3.05) is 17.0 Å². The molecule has 21 heteroatoms. The number of aromatic nitrogens is 3. The van der Waals surface area contributed by atoms with Crippen molar-refractivity contribution in [1.29, 1.82) is 5.41 Å². The van der Waals surface area contributed by atoms with E-state index >= 15 is 8.78 Å². The molecule has 3 unspecified atom stereocenters. The molecule has 0 bridgehead atoms. The van der Waals surface area contributed by atoms with Crippen LogP contribution in [0, 0.1) is 34.8 Å². The van der Waals surface area contributed by atoms with Crippen LogP contribution in [0.5, 0.6) is 0 Å². The monoisotopic (exact) mass is 943 g/mol. The van der Waals surface area contributed by atoms with E-state index in [0.29, 0.717) is 6.07 Å². The average Bonchev–Trinajstić information content (AvgIpc) is 3.94. The lowest BCUT2D eigenvalue weighted by atomic mass is 9.93. The van der Waals surface area contributed by atoms with Gasteiger partial charge in [-0.2, -0.15) is 13.5 Å². The SMILES string of the molecule is CC[S+]([O-])Nc1nn(CC(F)F)c2c(-c3ccc(C#CC(C)(C)[S+]([O-])C4CC4)nc3C(Cc3cc(F)cc(F)c3)NC(=O)CNC3=C(C(=N)C(F)F)[C@@H](C)CC3(F)F)ccc(Cl)c12. The number of benzene rings is 2. The summed E-state index contributed by atoms with van der Waals surface area (Å²) in [6.45, 7) is 4.35. The molecule has 0 spiro atoms. The van der Waals surface area contributed by atoms with Gasteiger partial charge >= 0.3 is 0 Å². The number of hydrogen-bond donors (Lipinski definition) is 4. The molecule has 6 rings (SSSR count). The number of carbonyl (C=O) groups is 1. The number of nitrogens with one attached hydrogen (secondary N) is 4. The molecule has 4 N–H and O–H groups in total. The summed E-state index contributed by atoms with van der Waals surface area (Å²) in [5.41, 5.74) is -2.72. The Labute approximate surface area is 369 Å². The first kappa shape index (κ1) is 47.9. The minimum Gasteiger partial charge on any atom is -0.615 e. The first-order chi connectivity index (χ1) is 29.6. The average molecular weight is 944 g/mol. The highest BCUT2D eigenvalue weighted by Crippen LogP contribution is 2.44. The fourth-order valence-electron chi connectivity index (χ4n) is 7.38. The van der Waals surface area contributed by atoms with E-state index in [4.69, 9.17) is 22.0 Å². The summed E-state index contributed by atoms with van der Waals surface area (Å²) in [5.74, 6) is -1.89. The van der Waals surface area contributed by atoms with Crippen LogP contribution in [0.3, 0.4) is 0 Å². The summed E-state index contributed by atoms with van der Waals surface area (Å²) in [7, 11) is 0. The molecule has 2 aromatic heterocycles. The lowest BCUT2D eigenvalue weighted by Gasteiger charge is -2.24. The number of halogens is 9. The van der Waals surface area contributed by atoms with Gasteiger partial charge in [-0.1, -0.05) is 24.6 Å². The molecule has 2 heterocycles. The number of hydrogen-bond acceptors (Lipinski definition) is 8. The zero-order chi connectivity index (χ0) is 46.1. The van der Waals surface area contributed by atoms with Crippen molar-refractivity contribution in [2.45, 2.75) is 94.7 Å². The molecule has 0 aliphatic heterocycles. The Balaban J connectivity index is 1.53. The minimum absolute atomic E-state index is 0.0139. The number of amides is 1. The highest BCUT2D eigenvalue weighted by Gasteiger charge is 2.48. The van der Waals surface area contributed by atoms with Gasteiger partial charge in [-0.3, -0.25) is 14.9 Å². The van der Waals surface area contributed by atoms with Crippen molar-refractivity contribution in [1.82, 2.24) is 25.4 Å². The summed E-state index contributed by atoms with van der Waals surface area (Å²) in [6, 6.07) is 7.02. The van der Waals surface area contributed by atoms with Crippen molar-refractivity contribution in [2.24, 2.45) is 5.92 Å². The molecular weight excluding hydrogens is 902 g/mol. The van der Waals surface area contributed by atoms with E-state index in [2.05, 4.69) is 32.3 Å². The van der Waals surface area contributed by atoms with Crippen molar-refractivity contribution < 1.29 is 49.0 Å². The number of carbonyl (C=O) groups excluding carboxylic acids is 1. The van der Waals surface area contributed by atoms with Crippen LogP contribution in [-0.4, -0.2) is 76.6 Å². The van der Waals surface area contributed by atoms with E-state index in [1.54, 1.807) is 20.8 Å². The minimum atomic E-state index is -3.70. The van der Waals surface area contributed by atoms with Gasteiger partial charge in [0, 0.05) is 29.2 Å². The van der Waals surface area contributed by atoms with E-state index in [0.717, 1.165) is 29.7 Å². The quantitative estimate of drug-likeness (QED) is 0.0358. The molecule has 4 aromatic rings. The number of fused-ring (bicyclic) bond motifs is 1. The van der Waals surface area contributed by atoms with Gasteiger partial charge in [-0.15, -0.1) is 5.10 Å². The molecule has 10 nitrogen and oxygen atoms in total. The Hall–Kier alpha value is -4.55. The third-order valence-corrected chi connectivity index (χ3v) is 13.8. The zero-order valence-corrected chi connectivity index (χ0v) is 36.6. The van der Waals surface area contributed by atoms with Crippen LogP contribution in [0.25, 0.3) is 22.0 Å². The molecule has 4 atom stereocenters. The predicted octanol–water partition coefficient (Wildman–Crippen LogP) is 8.64. The number of pyridine rings is 1. The molecule has 1 amide bonds. The molecule has 338 valence electrons. The van der Waals surface area contributed by atoms with Gasteiger partial charge in [0.05, 0.1) is 51.3 Å². The maximum Gasteiger partial charge on any atom is 0.288 e. The third-order valence-electron chi connectivity index (χ3n) is 10.3. The van der Waals surface area contributed by atoms with E-state index in [-0.39, 0.29) is 60.8 Å². The smallest absolute Gasteiger partial charge is 0.288 e. The van der Waals surface area contributed by atoms with Crippen molar-refractivity contribution in [3.63, 3.8) is 0 Å². The van der Waals surface area contributed by atoms with Crippen molar-refractivity contribution in [3.05, 3.63) is 87.3 Å². The normalized spacial score (nSPS) is 17.8. The maximum atomic E-state index is 15.2.